The molecule has 4 aliphatic rings. The molecule has 0 spiro atoms. The molecule has 0 amide bonds. The molecule has 35 heavy (non-hydrogen) atoms. The Labute approximate surface area is 217 Å². The van der Waals surface area contributed by atoms with Crippen LogP contribution in [0.1, 0.15) is 95.0 Å². The number of hydrogen-bond donors (Lipinski definition) is 0. The van der Waals surface area contributed by atoms with Crippen molar-refractivity contribution in [2.75, 3.05) is 0 Å². The number of ether oxygens (including phenoxy) is 1. The lowest BCUT2D eigenvalue weighted by Crippen LogP contribution is -2.58. The summed E-state index contributed by atoms with van der Waals surface area (Å²) in [4.78, 5) is 39.0. The number of hydrogen-bond acceptors (Lipinski definition) is 4. The smallest absolute Gasteiger partial charge is 0.339 e. The van der Waals surface area contributed by atoms with Gasteiger partial charge in [-0.2, -0.15) is 0 Å². The average molecular weight is 542 g/mol. The zero-order valence-electron chi connectivity index (χ0n) is 21.4. The molecule has 1 aromatic rings. The van der Waals surface area contributed by atoms with Gasteiger partial charge < -0.3 is 4.74 Å². The van der Waals surface area contributed by atoms with Gasteiger partial charge in [0.15, 0.2) is 17.2 Å². The molecule has 0 saturated heterocycles. The lowest BCUT2D eigenvalue weighted by atomic mass is 9.46. The fraction of sp³-hybridized carbons (Fsp3) is 0.633. The fourth-order valence-electron chi connectivity index (χ4n) is 8.56. The van der Waals surface area contributed by atoms with Crippen molar-refractivity contribution in [3.05, 3.63) is 45.4 Å². The first-order valence-electron chi connectivity index (χ1n) is 13.3. The molecule has 0 aromatic heterocycles. The van der Waals surface area contributed by atoms with Crippen molar-refractivity contribution in [3.63, 3.8) is 0 Å². The number of carbonyl (C=O) groups excluding carboxylic acids is 3. The summed E-state index contributed by atoms with van der Waals surface area (Å²) < 4.78 is 7.11. The molecule has 3 fully saturated rings. The molecule has 0 aliphatic heterocycles. The minimum atomic E-state index is -1.07. The van der Waals surface area contributed by atoms with E-state index in [-0.39, 0.29) is 28.4 Å². The third-order valence-electron chi connectivity index (χ3n) is 10.6. The summed E-state index contributed by atoms with van der Waals surface area (Å²) in [6.07, 6.45) is 7.81. The Morgan fingerprint density at radius 3 is 2.34 bits per heavy atom. The number of aryl methyl sites for hydroxylation is 1. The second-order valence-corrected chi connectivity index (χ2v) is 12.7. The molecule has 0 unspecified atom stereocenters. The van der Waals surface area contributed by atoms with Crippen LogP contribution in [0.25, 0.3) is 0 Å². The average Bonchev–Trinajstić information content (AvgIpc) is 3.15. The first-order chi connectivity index (χ1) is 16.6. The standard InChI is InChI=1S/C30H37BrO4/c1-5-19-6-8-20(9-7-19)27(34)35-30(18(2)32)17-13-23-21-10-11-24-26(31)25(33)14-15-28(24,3)22(21)12-16-29(23,30)4/h6-9,21-23H,5,10-17H2,1-4H3/t21-,22+,23+,28-,29+,30+/m1/s1. The maximum Gasteiger partial charge on any atom is 0.339 e. The zero-order valence-corrected chi connectivity index (χ0v) is 23.0. The van der Waals surface area contributed by atoms with E-state index in [2.05, 4.69) is 36.7 Å². The summed E-state index contributed by atoms with van der Waals surface area (Å²) in [5.74, 6) is 1.17. The van der Waals surface area contributed by atoms with Crippen LogP contribution in [-0.4, -0.2) is 23.1 Å². The topological polar surface area (TPSA) is 60.4 Å². The minimum absolute atomic E-state index is 0.0203. The Kier molecular flexibility index (Phi) is 6.18. The number of halogens is 1. The molecule has 3 saturated carbocycles. The van der Waals surface area contributed by atoms with Crippen molar-refractivity contribution in [1.29, 1.82) is 0 Å². The maximum atomic E-state index is 13.3. The number of fused-ring (bicyclic) bond motifs is 5. The van der Waals surface area contributed by atoms with Gasteiger partial charge in [0.25, 0.3) is 0 Å². The Bertz CT molecular complexity index is 1100. The van der Waals surface area contributed by atoms with Gasteiger partial charge in [0.05, 0.1) is 10.0 Å². The van der Waals surface area contributed by atoms with Gasteiger partial charge in [-0.1, -0.05) is 32.9 Å². The lowest BCUT2D eigenvalue weighted by molar-refractivity contribution is -0.161. The van der Waals surface area contributed by atoms with Gasteiger partial charge in [-0.15, -0.1) is 0 Å². The molecule has 0 bridgehead atoms. The minimum Gasteiger partial charge on any atom is -0.447 e. The number of allylic oxidation sites excluding steroid dienone is 1. The van der Waals surface area contributed by atoms with Gasteiger partial charge >= 0.3 is 5.97 Å². The van der Waals surface area contributed by atoms with E-state index in [0.717, 1.165) is 49.4 Å². The predicted molar refractivity (Wildman–Crippen MR) is 139 cm³/mol. The Morgan fingerprint density at radius 1 is 1.00 bits per heavy atom. The van der Waals surface area contributed by atoms with Crippen molar-refractivity contribution in [1.82, 2.24) is 0 Å². The SMILES string of the molecule is CCc1ccc(C(=O)O[C@]2(C(C)=O)CC[C@H]3[C@@H]4CCC5=C(Br)C(=O)CC[C@]5(C)[C@H]4CC[C@@]32C)cc1. The van der Waals surface area contributed by atoms with Crippen molar-refractivity contribution in [2.45, 2.75) is 91.1 Å². The van der Waals surface area contributed by atoms with E-state index >= 15 is 0 Å². The molecule has 1 aromatic carbocycles. The molecule has 5 heteroatoms. The molecule has 6 atom stereocenters. The molecular weight excluding hydrogens is 504 g/mol. The number of rotatable bonds is 4. The van der Waals surface area contributed by atoms with E-state index in [0.29, 0.717) is 36.2 Å². The predicted octanol–water partition coefficient (Wildman–Crippen LogP) is 6.99. The van der Waals surface area contributed by atoms with E-state index < -0.39 is 5.60 Å². The fourth-order valence-corrected chi connectivity index (χ4v) is 9.41. The van der Waals surface area contributed by atoms with Crippen molar-refractivity contribution in [2.24, 2.45) is 28.6 Å². The van der Waals surface area contributed by atoms with E-state index in [4.69, 9.17) is 4.74 Å². The first kappa shape index (κ1) is 24.9. The largest absolute Gasteiger partial charge is 0.447 e. The molecule has 0 N–H and O–H groups in total. The number of benzene rings is 1. The van der Waals surface area contributed by atoms with Crippen LogP contribution in [0.4, 0.5) is 0 Å². The molecular formula is C30H37BrO4. The van der Waals surface area contributed by atoms with Crippen molar-refractivity contribution < 1.29 is 19.1 Å². The number of ketones is 2. The van der Waals surface area contributed by atoms with E-state index in [1.54, 1.807) is 6.92 Å². The van der Waals surface area contributed by atoms with Crippen LogP contribution < -0.4 is 0 Å². The Hall–Kier alpha value is -1.75. The molecule has 4 aliphatic carbocycles. The summed E-state index contributed by atoms with van der Waals surface area (Å²) >= 11 is 3.64. The summed E-state index contributed by atoms with van der Waals surface area (Å²) in [7, 11) is 0. The molecule has 188 valence electrons. The van der Waals surface area contributed by atoms with Gasteiger partial charge in [-0.25, -0.2) is 4.79 Å². The van der Waals surface area contributed by atoms with Crippen LogP contribution in [0.2, 0.25) is 0 Å². The highest BCUT2D eigenvalue weighted by Gasteiger charge is 2.68. The quantitative estimate of drug-likeness (QED) is 0.386. The van der Waals surface area contributed by atoms with Crippen molar-refractivity contribution >= 4 is 33.5 Å². The van der Waals surface area contributed by atoms with Gasteiger partial charge in [0.1, 0.15) is 0 Å². The van der Waals surface area contributed by atoms with Crippen LogP contribution in [-0.2, 0) is 20.7 Å². The lowest BCUT2D eigenvalue weighted by Gasteiger charge is -2.59. The van der Waals surface area contributed by atoms with E-state index in [1.807, 2.05) is 24.3 Å². The second-order valence-electron chi connectivity index (χ2n) is 11.9. The summed E-state index contributed by atoms with van der Waals surface area (Å²) in [6.45, 7) is 8.27. The summed E-state index contributed by atoms with van der Waals surface area (Å²) in [5.41, 5.74) is 1.61. The highest BCUT2D eigenvalue weighted by atomic mass is 79.9. The number of carbonyl (C=O) groups is 3. The molecule has 0 heterocycles. The van der Waals surface area contributed by atoms with Gasteiger partial charge in [0, 0.05) is 11.8 Å². The van der Waals surface area contributed by atoms with Crippen molar-refractivity contribution in [3.8, 4) is 0 Å². The summed E-state index contributed by atoms with van der Waals surface area (Å²) in [6, 6.07) is 7.56. The second kappa shape index (κ2) is 8.68. The van der Waals surface area contributed by atoms with E-state index in [1.165, 1.54) is 11.1 Å². The number of Topliss-reactive ketones (excluding diaryl/α,β-unsaturated/α-hetero) is 2. The third-order valence-corrected chi connectivity index (χ3v) is 11.5. The highest BCUT2D eigenvalue weighted by Crippen LogP contribution is 2.69. The van der Waals surface area contributed by atoms with Crippen LogP contribution >= 0.6 is 15.9 Å². The van der Waals surface area contributed by atoms with E-state index in [9.17, 15) is 14.4 Å². The zero-order chi connectivity index (χ0) is 25.2. The molecule has 5 rings (SSSR count). The maximum absolute atomic E-state index is 13.3. The normalized spacial score (nSPS) is 38.4. The first-order valence-corrected chi connectivity index (χ1v) is 14.1. The highest BCUT2D eigenvalue weighted by molar-refractivity contribution is 9.12. The van der Waals surface area contributed by atoms with Crippen LogP contribution in [0.3, 0.4) is 0 Å². The summed E-state index contributed by atoms with van der Waals surface area (Å²) in [5, 5.41) is 0. The number of esters is 1. The van der Waals surface area contributed by atoms with Crippen LogP contribution in [0.5, 0.6) is 0 Å². The van der Waals surface area contributed by atoms with Crippen LogP contribution in [0.15, 0.2) is 34.3 Å². The van der Waals surface area contributed by atoms with Gasteiger partial charge in [0.2, 0.25) is 0 Å². The Morgan fingerprint density at radius 2 is 1.69 bits per heavy atom. The molecule has 4 nitrogen and oxygen atoms in total. The Balaban J connectivity index is 1.45. The van der Waals surface area contributed by atoms with Gasteiger partial charge in [-0.05, 0) is 121 Å². The monoisotopic (exact) mass is 540 g/mol. The van der Waals surface area contributed by atoms with Crippen LogP contribution in [0, 0.1) is 28.6 Å². The van der Waals surface area contributed by atoms with Gasteiger partial charge in [-0.3, -0.25) is 9.59 Å². The molecule has 0 radical (unpaired) electrons. The third kappa shape index (κ3) is 3.54.